The first-order chi connectivity index (χ1) is 7.20. The molecule has 1 heterocycles. The van der Waals surface area contributed by atoms with Crippen molar-refractivity contribution < 1.29 is 9.53 Å². The van der Waals surface area contributed by atoms with Crippen LogP contribution in [0.25, 0.3) is 0 Å². The molecule has 1 aromatic rings. The summed E-state index contributed by atoms with van der Waals surface area (Å²) in [6.07, 6.45) is 3.97. The Morgan fingerprint density at radius 1 is 1.67 bits per heavy atom. The Balaban J connectivity index is 2.28. The zero-order chi connectivity index (χ0) is 10.8. The minimum Gasteiger partial charge on any atom is -0.488 e. The van der Waals surface area contributed by atoms with Crippen molar-refractivity contribution in [3.05, 3.63) is 18.0 Å². The average Bonchev–Trinajstić information content (AvgIpc) is 3.01. The van der Waals surface area contributed by atoms with E-state index in [2.05, 4.69) is 10.3 Å². The normalized spacial score (nSPS) is 14.7. The van der Waals surface area contributed by atoms with Crippen molar-refractivity contribution in [1.29, 1.82) is 0 Å². The molecule has 5 heteroatoms. The van der Waals surface area contributed by atoms with Crippen molar-refractivity contribution >= 4 is 11.6 Å². The molecule has 1 saturated carbocycles. The SMILES string of the molecule is CNc1cnc(C(N)=O)cc1OC1CC1. The maximum absolute atomic E-state index is 10.9. The number of nitrogens with one attached hydrogen (secondary N) is 1. The number of aromatic nitrogens is 1. The predicted molar refractivity (Wildman–Crippen MR) is 56.0 cm³/mol. The first-order valence-corrected chi connectivity index (χ1v) is 4.85. The van der Waals surface area contributed by atoms with Crippen LogP contribution in [0.4, 0.5) is 5.69 Å². The van der Waals surface area contributed by atoms with Gasteiger partial charge < -0.3 is 15.8 Å². The molecule has 1 amide bonds. The lowest BCUT2D eigenvalue weighted by Crippen LogP contribution is -2.14. The number of pyridine rings is 1. The van der Waals surface area contributed by atoms with E-state index < -0.39 is 5.91 Å². The standard InChI is InChI=1S/C10H13N3O2/c1-12-8-5-13-7(10(11)14)4-9(8)15-6-2-3-6/h4-6,12H,2-3H2,1H3,(H2,11,14). The van der Waals surface area contributed by atoms with Crippen molar-refractivity contribution in [2.75, 3.05) is 12.4 Å². The van der Waals surface area contributed by atoms with Gasteiger partial charge in [-0.3, -0.25) is 4.79 Å². The van der Waals surface area contributed by atoms with Crippen molar-refractivity contribution in [1.82, 2.24) is 4.98 Å². The molecule has 2 rings (SSSR count). The number of carbonyl (C=O) groups excluding carboxylic acids is 1. The third kappa shape index (κ3) is 2.18. The Bertz CT molecular complexity index is 388. The number of amides is 1. The third-order valence-electron chi connectivity index (χ3n) is 2.21. The molecule has 1 aliphatic rings. The van der Waals surface area contributed by atoms with E-state index in [0.29, 0.717) is 5.75 Å². The Labute approximate surface area is 87.6 Å². The van der Waals surface area contributed by atoms with E-state index >= 15 is 0 Å². The van der Waals surface area contributed by atoms with E-state index in [0.717, 1.165) is 18.5 Å². The average molecular weight is 207 g/mol. The quantitative estimate of drug-likeness (QED) is 0.764. The number of hydrogen-bond donors (Lipinski definition) is 2. The van der Waals surface area contributed by atoms with Gasteiger partial charge in [-0.25, -0.2) is 4.98 Å². The summed E-state index contributed by atoms with van der Waals surface area (Å²) in [7, 11) is 1.78. The van der Waals surface area contributed by atoms with Gasteiger partial charge in [0, 0.05) is 13.1 Å². The minimum absolute atomic E-state index is 0.227. The Morgan fingerprint density at radius 3 is 2.93 bits per heavy atom. The number of nitrogens with two attached hydrogens (primary N) is 1. The van der Waals surface area contributed by atoms with Crippen LogP contribution in [0, 0.1) is 0 Å². The maximum atomic E-state index is 10.9. The number of primary amides is 1. The van der Waals surface area contributed by atoms with Gasteiger partial charge in [0.25, 0.3) is 5.91 Å². The van der Waals surface area contributed by atoms with Crippen molar-refractivity contribution in [2.24, 2.45) is 5.73 Å². The minimum atomic E-state index is -0.543. The van der Waals surface area contributed by atoms with Crippen LogP contribution < -0.4 is 15.8 Å². The summed E-state index contributed by atoms with van der Waals surface area (Å²) >= 11 is 0. The van der Waals surface area contributed by atoms with Gasteiger partial charge in [-0.2, -0.15) is 0 Å². The van der Waals surface area contributed by atoms with Crippen LogP contribution in [-0.4, -0.2) is 24.0 Å². The van der Waals surface area contributed by atoms with Gasteiger partial charge >= 0.3 is 0 Å². The topological polar surface area (TPSA) is 77.2 Å². The Kier molecular flexibility index (Phi) is 2.45. The highest BCUT2D eigenvalue weighted by molar-refractivity contribution is 5.91. The molecule has 1 fully saturated rings. The summed E-state index contributed by atoms with van der Waals surface area (Å²) in [5, 5.41) is 2.96. The van der Waals surface area contributed by atoms with E-state index in [1.165, 1.54) is 0 Å². The molecule has 5 nitrogen and oxygen atoms in total. The van der Waals surface area contributed by atoms with Gasteiger partial charge in [0.2, 0.25) is 0 Å². The first-order valence-electron chi connectivity index (χ1n) is 4.85. The number of rotatable bonds is 4. The number of ether oxygens (including phenoxy) is 1. The molecule has 0 unspecified atom stereocenters. The second kappa shape index (κ2) is 3.76. The summed E-state index contributed by atoms with van der Waals surface area (Å²) in [5.41, 5.74) is 6.14. The number of anilines is 1. The molecule has 1 aliphatic carbocycles. The Hall–Kier alpha value is -1.78. The summed E-state index contributed by atoms with van der Waals surface area (Å²) in [6, 6.07) is 1.58. The third-order valence-corrected chi connectivity index (χ3v) is 2.21. The molecule has 0 saturated heterocycles. The lowest BCUT2D eigenvalue weighted by molar-refractivity contribution is 0.0995. The van der Waals surface area contributed by atoms with Gasteiger partial charge in [-0.15, -0.1) is 0 Å². The zero-order valence-electron chi connectivity index (χ0n) is 8.49. The van der Waals surface area contributed by atoms with Crippen LogP contribution in [0.2, 0.25) is 0 Å². The molecule has 0 aliphatic heterocycles. The van der Waals surface area contributed by atoms with E-state index in [1.807, 2.05) is 0 Å². The van der Waals surface area contributed by atoms with E-state index in [4.69, 9.17) is 10.5 Å². The fourth-order valence-corrected chi connectivity index (χ4v) is 1.22. The number of carbonyl (C=O) groups is 1. The van der Waals surface area contributed by atoms with Gasteiger partial charge in [-0.1, -0.05) is 0 Å². The second-order valence-electron chi connectivity index (χ2n) is 3.50. The van der Waals surface area contributed by atoms with Crippen LogP contribution in [-0.2, 0) is 0 Å². The van der Waals surface area contributed by atoms with Crippen LogP contribution in [0.15, 0.2) is 12.3 Å². The highest BCUT2D eigenvalue weighted by Crippen LogP contribution is 2.31. The molecule has 0 spiro atoms. The van der Waals surface area contributed by atoms with E-state index in [-0.39, 0.29) is 11.8 Å². The number of hydrogen-bond acceptors (Lipinski definition) is 4. The molecular formula is C10H13N3O2. The van der Waals surface area contributed by atoms with Gasteiger partial charge in [0.05, 0.1) is 18.0 Å². The molecule has 0 radical (unpaired) electrons. The zero-order valence-corrected chi connectivity index (χ0v) is 8.49. The molecule has 3 N–H and O–H groups in total. The van der Waals surface area contributed by atoms with Crippen LogP contribution in [0.5, 0.6) is 5.75 Å². The lowest BCUT2D eigenvalue weighted by Gasteiger charge is -2.10. The predicted octanol–water partition coefficient (Wildman–Crippen LogP) is 0.763. The number of nitrogens with zero attached hydrogens (tertiary/aromatic N) is 1. The summed E-state index contributed by atoms with van der Waals surface area (Å²) in [4.78, 5) is 14.9. The first kappa shape index (κ1) is 9.76. The van der Waals surface area contributed by atoms with E-state index in [9.17, 15) is 4.79 Å². The highest BCUT2D eigenvalue weighted by Gasteiger charge is 2.25. The highest BCUT2D eigenvalue weighted by atomic mass is 16.5. The summed E-state index contributed by atoms with van der Waals surface area (Å²) in [5.74, 6) is 0.0992. The van der Waals surface area contributed by atoms with Crippen molar-refractivity contribution in [3.63, 3.8) is 0 Å². The largest absolute Gasteiger partial charge is 0.488 e. The summed E-state index contributed by atoms with van der Waals surface area (Å²) in [6.45, 7) is 0. The fraction of sp³-hybridized carbons (Fsp3) is 0.400. The second-order valence-corrected chi connectivity index (χ2v) is 3.50. The van der Waals surface area contributed by atoms with Crippen LogP contribution >= 0.6 is 0 Å². The molecule has 0 aromatic carbocycles. The molecule has 15 heavy (non-hydrogen) atoms. The smallest absolute Gasteiger partial charge is 0.267 e. The lowest BCUT2D eigenvalue weighted by atomic mass is 10.3. The Morgan fingerprint density at radius 2 is 2.40 bits per heavy atom. The van der Waals surface area contributed by atoms with Gasteiger partial charge in [0.1, 0.15) is 11.4 Å². The van der Waals surface area contributed by atoms with Crippen LogP contribution in [0.1, 0.15) is 23.3 Å². The van der Waals surface area contributed by atoms with E-state index in [1.54, 1.807) is 19.3 Å². The van der Waals surface area contributed by atoms with Crippen LogP contribution in [0.3, 0.4) is 0 Å². The molecule has 0 atom stereocenters. The van der Waals surface area contributed by atoms with Gasteiger partial charge in [0.15, 0.2) is 0 Å². The van der Waals surface area contributed by atoms with Gasteiger partial charge in [-0.05, 0) is 12.8 Å². The fourth-order valence-electron chi connectivity index (χ4n) is 1.22. The molecule has 0 bridgehead atoms. The van der Waals surface area contributed by atoms with Crippen molar-refractivity contribution in [2.45, 2.75) is 18.9 Å². The molecule has 80 valence electrons. The maximum Gasteiger partial charge on any atom is 0.267 e. The monoisotopic (exact) mass is 207 g/mol. The van der Waals surface area contributed by atoms with Crippen molar-refractivity contribution in [3.8, 4) is 5.75 Å². The molecular weight excluding hydrogens is 194 g/mol. The summed E-state index contributed by atoms with van der Waals surface area (Å²) < 4.78 is 5.63. The molecule has 1 aromatic heterocycles.